The number of hydrogen-bond acceptors (Lipinski definition) is 7. The van der Waals surface area contributed by atoms with Crippen molar-refractivity contribution in [1.82, 2.24) is 10.7 Å². The lowest BCUT2D eigenvalue weighted by Crippen LogP contribution is -2.65. The highest BCUT2D eigenvalue weighted by atomic mass is 16.7. The van der Waals surface area contributed by atoms with Gasteiger partial charge in [-0.15, -0.1) is 0 Å². The second-order valence-corrected chi connectivity index (χ2v) is 13.3. The van der Waals surface area contributed by atoms with Crippen molar-refractivity contribution in [1.29, 1.82) is 0 Å². The molecule has 1 aliphatic heterocycles. The summed E-state index contributed by atoms with van der Waals surface area (Å²) in [5.74, 6) is -0.210. The number of nitrogens with one attached hydrogen (secondary N) is 2. The molecule has 0 unspecified atom stereocenters. The predicted molar refractivity (Wildman–Crippen MR) is 159 cm³/mol. The van der Waals surface area contributed by atoms with E-state index in [4.69, 9.17) is 15.0 Å². The molecule has 2 bridgehead atoms. The molecule has 12 heteroatoms. The number of ketones is 1. The Kier molecular flexibility index (Phi) is 11.4. The van der Waals surface area contributed by atoms with E-state index in [-0.39, 0.29) is 53.7 Å². The van der Waals surface area contributed by atoms with Crippen LogP contribution in [0.1, 0.15) is 99.3 Å². The van der Waals surface area contributed by atoms with E-state index in [1.807, 2.05) is 11.5 Å². The van der Waals surface area contributed by atoms with Crippen LogP contribution in [0, 0.1) is 39.2 Å². The molecule has 1 heterocycles. The number of nitro groups is 1. The molecule has 4 N–H and O–H groups in total. The minimum absolute atomic E-state index is 0.0116. The Morgan fingerprint density at radius 3 is 2.61 bits per heavy atom. The third-order valence-electron chi connectivity index (χ3n) is 9.40. The monoisotopic (exact) mass is 575 g/mol. The molecule has 0 spiro atoms. The molecule has 4 fully saturated rings. The lowest BCUT2D eigenvalue weighted by Gasteiger charge is -2.64. The summed E-state index contributed by atoms with van der Waals surface area (Å²) in [5, 5.41) is 13.0. The first-order valence-electron chi connectivity index (χ1n) is 15.3. The van der Waals surface area contributed by atoms with Crippen molar-refractivity contribution < 1.29 is 23.9 Å². The Bertz CT molecular complexity index is 1000. The van der Waals surface area contributed by atoms with Crippen LogP contribution in [0.3, 0.4) is 0 Å². The van der Waals surface area contributed by atoms with Gasteiger partial charge in [0.25, 0.3) is 5.96 Å². The number of unbranched alkanes of at least 4 members (excludes halogenated alkanes) is 2. The quantitative estimate of drug-likeness (QED) is 0.0474. The van der Waals surface area contributed by atoms with Crippen molar-refractivity contribution in [2.75, 3.05) is 6.54 Å². The second kappa shape index (κ2) is 14.1. The number of carbonyl (C=O) groups is 2. The normalized spacial score (nSPS) is 28.2. The van der Waals surface area contributed by atoms with Crippen molar-refractivity contribution in [2.24, 2.45) is 39.8 Å². The molecule has 0 radical (unpaired) electrons. The third-order valence-corrected chi connectivity index (χ3v) is 9.40. The van der Waals surface area contributed by atoms with E-state index in [0.717, 1.165) is 32.1 Å². The van der Waals surface area contributed by atoms with E-state index in [9.17, 15) is 19.7 Å². The summed E-state index contributed by atoms with van der Waals surface area (Å²) in [5.41, 5.74) is 7.16. The standard InChI is InChI=1S/C29H50BN5O6/c1-7-8-9-10-13-22(36)16-20(12-11-14-32-27(31)34-35(38)39)26(37)33-25(15-19(2)3)30-40-24-18-21-17-23(28(21,4)5)29(24,6)41-30/h10,13,19-21,23-25H,7-9,11-12,14-18H2,1-6H3,(H,33,37)(H3,31,32,34)/b13-10+/t20-,21-,23-,24-,25+,29+/m1/s1. The number of carbonyl (C=O) groups excluding carboxylic acids is 2. The van der Waals surface area contributed by atoms with E-state index >= 15 is 0 Å². The van der Waals surface area contributed by atoms with E-state index < -0.39 is 18.1 Å². The Morgan fingerprint density at radius 2 is 1.98 bits per heavy atom. The van der Waals surface area contributed by atoms with E-state index in [0.29, 0.717) is 37.0 Å². The van der Waals surface area contributed by atoms with E-state index in [1.54, 1.807) is 6.08 Å². The molecule has 6 atom stereocenters. The number of nitrogens with two attached hydrogens (primary N) is 1. The van der Waals surface area contributed by atoms with Gasteiger partial charge in [0.1, 0.15) is 0 Å². The zero-order chi connectivity index (χ0) is 30.4. The zero-order valence-corrected chi connectivity index (χ0v) is 25.7. The van der Waals surface area contributed by atoms with E-state index in [1.165, 1.54) is 0 Å². The van der Waals surface area contributed by atoms with Gasteiger partial charge in [-0.1, -0.05) is 59.0 Å². The third kappa shape index (κ3) is 8.31. The number of guanidine groups is 1. The Labute approximate surface area is 245 Å². The molecular weight excluding hydrogens is 525 g/mol. The summed E-state index contributed by atoms with van der Waals surface area (Å²) in [7, 11) is -0.547. The number of nitrogens with zero attached hydrogens (tertiary/aromatic N) is 2. The first-order chi connectivity index (χ1) is 19.3. The molecule has 41 heavy (non-hydrogen) atoms. The number of allylic oxidation sites excluding steroid dienone is 2. The van der Waals surface area contributed by atoms with Gasteiger partial charge >= 0.3 is 7.12 Å². The summed E-state index contributed by atoms with van der Waals surface area (Å²) in [6.07, 6.45) is 10.0. The van der Waals surface area contributed by atoms with Gasteiger partial charge in [0.15, 0.2) is 10.8 Å². The Balaban J connectivity index is 1.69. The average Bonchev–Trinajstić information content (AvgIpc) is 3.24. The summed E-state index contributed by atoms with van der Waals surface area (Å²) in [6.45, 7) is 13.3. The zero-order valence-electron chi connectivity index (χ0n) is 25.7. The van der Waals surface area contributed by atoms with Crippen LogP contribution in [0.25, 0.3) is 0 Å². The van der Waals surface area contributed by atoms with Crippen LogP contribution in [-0.2, 0) is 18.9 Å². The molecule has 0 aromatic rings. The molecule has 3 aliphatic carbocycles. The SMILES string of the molecule is CCCC/C=C/C(=O)C[C@@H](CCCN=C(N)N[N+](=O)[O-])C(=O)N[C@@H](CC(C)C)B1O[C@@H]2C[C@H]3C[C@H](C3(C)C)[C@]2(C)O1. The number of hydrogen-bond donors (Lipinski definition) is 3. The number of aliphatic imine (C=N–C) groups is 1. The predicted octanol–water partition coefficient (Wildman–Crippen LogP) is 3.98. The maximum Gasteiger partial charge on any atom is 0.481 e. The maximum absolute atomic E-state index is 13.7. The maximum atomic E-state index is 13.7. The van der Waals surface area contributed by atoms with Gasteiger partial charge < -0.3 is 20.4 Å². The van der Waals surface area contributed by atoms with Crippen molar-refractivity contribution in [3.8, 4) is 0 Å². The highest BCUT2D eigenvalue weighted by molar-refractivity contribution is 6.47. The largest absolute Gasteiger partial charge is 0.481 e. The summed E-state index contributed by atoms with van der Waals surface area (Å²) in [4.78, 5) is 41.0. The van der Waals surface area contributed by atoms with Crippen LogP contribution < -0.4 is 16.5 Å². The van der Waals surface area contributed by atoms with Crippen LogP contribution in [0.5, 0.6) is 0 Å². The van der Waals surface area contributed by atoms with Gasteiger partial charge in [0.05, 0.1) is 17.6 Å². The molecule has 4 aliphatic rings. The molecule has 1 saturated heterocycles. The van der Waals surface area contributed by atoms with Crippen LogP contribution in [0.2, 0.25) is 0 Å². The topological polar surface area (TPSA) is 158 Å². The average molecular weight is 576 g/mol. The van der Waals surface area contributed by atoms with Gasteiger partial charge in [0, 0.05) is 18.9 Å². The summed E-state index contributed by atoms with van der Waals surface area (Å²) in [6, 6.07) is 0. The van der Waals surface area contributed by atoms with Crippen LogP contribution in [0.15, 0.2) is 17.1 Å². The highest BCUT2D eigenvalue weighted by Gasteiger charge is 2.68. The second-order valence-electron chi connectivity index (χ2n) is 13.3. The smallest absolute Gasteiger partial charge is 0.404 e. The minimum atomic E-state index is -0.776. The minimum Gasteiger partial charge on any atom is -0.404 e. The molecule has 0 aromatic heterocycles. The summed E-state index contributed by atoms with van der Waals surface area (Å²) < 4.78 is 13.2. The Morgan fingerprint density at radius 1 is 1.24 bits per heavy atom. The van der Waals surface area contributed by atoms with Gasteiger partial charge in [-0.05, 0) is 74.7 Å². The first kappa shape index (κ1) is 33.0. The molecule has 11 nitrogen and oxygen atoms in total. The van der Waals surface area contributed by atoms with Crippen molar-refractivity contribution in [3.63, 3.8) is 0 Å². The summed E-state index contributed by atoms with van der Waals surface area (Å²) >= 11 is 0. The number of amides is 1. The van der Waals surface area contributed by atoms with Gasteiger partial charge in [-0.25, -0.2) is 15.1 Å². The molecule has 0 aromatic carbocycles. The number of rotatable bonds is 16. The van der Waals surface area contributed by atoms with Crippen molar-refractivity contribution >= 4 is 24.8 Å². The van der Waals surface area contributed by atoms with Gasteiger partial charge in [-0.3, -0.25) is 9.59 Å². The molecule has 230 valence electrons. The van der Waals surface area contributed by atoms with Crippen LogP contribution >= 0.6 is 0 Å². The Hall–Kier alpha value is -2.47. The molecule has 1 amide bonds. The number of hydrazine groups is 1. The van der Waals surface area contributed by atoms with E-state index in [2.05, 4.69) is 51.9 Å². The molecular formula is C29H50BN5O6. The fourth-order valence-corrected chi connectivity index (χ4v) is 6.96. The molecule has 3 saturated carbocycles. The fraction of sp³-hybridized carbons (Fsp3) is 0.828. The molecule has 4 rings (SSSR count). The van der Waals surface area contributed by atoms with Gasteiger partial charge in [0.2, 0.25) is 5.91 Å². The van der Waals surface area contributed by atoms with Gasteiger partial charge in [-0.2, -0.15) is 0 Å². The highest BCUT2D eigenvalue weighted by Crippen LogP contribution is 2.65. The lowest BCUT2D eigenvalue weighted by molar-refractivity contribution is -0.525. The first-order valence-corrected chi connectivity index (χ1v) is 15.3. The van der Waals surface area contributed by atoms with Crippen LogP contribution in [0.4, 0.5) is 0 Å². The fourth-order valence-electron chi connectivity index (χ4n) is 6.96. The lowest BCUT2D eigenvalue weighted by atomic mass is 9.43. The van der Waals surface area contributed by atoms with Crippen molar-refractivity contribution in [2.45, 2.75) is 117 Å². The van der Waals surface area contributed by atoms with Crippen molar-refractivity contribution in [3.05, 3.63) is 22.3 Å². The van der Waals surface area contributed by atoms with Crippen LogP contribution in [-0.4, -0.2) is 54.0 Å².